The lowest BCUT2D eigenvalue weighted by atomic mass is 10.1. The van der Waals surface area contributed by atoms with Crippen LogP contribution in [-0.2, 0) is 0 Å². The largest absolute Gasteiger partial charge is 0.492 e. The number of halogens is 1. The lowest BCUT2D eigenvalue weighted by Gasteiger charge is -2.10. The Morgan fingerprint density at radius 3 is 2.29 bits per heavy atom. The molecule has 0 heterocycles. The number of hydrogen-bond acceptors (Lipinski definition) is 3. The van der Waals surface area contributed by atoms with Crippen molar-refractivity contribution in [3.05, 3.63) is 63.6 Å². The van der Waals surface area contributed by atoms with Gasteiger partial charge in [0.05, 0.1) is 11.1 Å². The summed E-state index contributed by atoms with van der Waals surface area (Å²) in [5.41, 5.74) is 6.69. The highest BCUT2D eigenvalue weighted by Gasteiger charge is 2.11. The van der Waals surface area contributed by atoms with E-state index in [1.807, 2.05) is 19.9 Å². The summed E-state index contributed by atoms with van der Waals surface area (Å²) in [5, 5.41) is 0. The molecule has 0 radical (unpaired) electrons. The maximum atomic E-state index is 12.1. The summed E-state index contributed by atoms with van der Waals surface area (Å²) in [5.74, 6) is -0.0926. The van der Waals surface area contributed by atoms with Crippen LogP contribution in [0.3, 0.4) is 0 Å². The van der Waals surface area contributed by atoms with E-state index in [0.29, 0.717) is 28.0 Å². The second kappa shape index (κ2) is 8.49. The Bertz CT molecular complexity index is 747. The molecule has 5 nitrogen and oxygen atoms in total. The van der Waals surface area contributed by atoms with Crippen LogP contribution in [0.15, 0.2) is 46.9 Å². The maximum Gasteiger partial charge on any atom is 0.269 e. The predicted molar refractivity (Wildman–Crippen MR) is 96.0 cm³/mol. The van der Waals surface area contributed by atoms with Crippen molar-refractivity contribution in [1.82, 2.24) is 10.9 Å². The van der Waals surface area contributed by atoms with Crippen LogP contribution < -0.4 is 15.6 Å². The molecule has 0 saturated carbocycles. The molecule has 0 saturated heterocycles. The number of ether oxygens (including phenoxy) is 1. The van der Waals surface area contributed by atoms with Crippen molar-refractivity contribution >= 4 is 27.7 Å². The summed E-state index contributed by atoms with van der Waals surface area (Å²) in [6, 6.07) is 12.1. The highest BCUT2D eigenvalue weighted by molar-refractivity contribution is 9.10. The van der Waals surface area contributed by atoms with E-state index in [0.717, 1.165) is 12.0 Å². The van der Waals surface area contributed by atoms with Crippen molar-refractivity contribution < 1.29 is 14.3 Å². The maximum absolute atomic E-state index is 12.1. The van der Waals surface area contributed by atoms with Crippen LogP contribution in [0.5, 0.6) is 5.75 Å². The van der Waals surface area contributed by atoms with Gasteiger partial charge in [0.1, 0.15) is 5.75 Å². The van der Waals surface area contributed by atoms with E-state index in [1.165, 1.54) is 0 Å². The number of benzene rings is 2. The molecule has 0 unspecified atom stereocenters. The summed E-state index contributed by atoms with van der Waals surface area (Å²) < 4.78 is 6.23. The lowest BCUT2D eigenvalue weighted by Crippen LogP contribution is -2.41. The van der Waals surface area contributed by atoms with Gasteiger partial charge in [-0.3, -0.25) is 20.4 Å². The van der Waals surface area contributed by atoms with Gasteiger partial charge in [-0.1, -0.05) is 24.6 Å². The monoisotopic (exact) mass is 390 g/mol. The van der Waals surface area contributed by atoms with E-state index in [1.54, 1.807) is 36.4 Å². The first-order valence-electron chi connectivity index (χ1n) is 7.61. The molecule has 0 atom stereocenters. The van der Waals surface area contributed by atoms with Crippen molar-refractivity contribution in [3.8, 4) is 5.75 Å². The molecule has 0 aliphatic heterocycles. The average Bonchev–Trinajstić information content (AvgIpc) is 2.58. The normalized spacial score (nSPS) is 10.1. The molecule has 2 aromatic rings. The molecule has 2 N–H and O–H groups in total. The highest BCUT2D eigenvalue weighted by Crippen LogP contribution is 2.26. The Morgan fingerprint density at radius 2 is 1.71 bits per heavy atom. The van der Waals surface area contributed by atoms with Crippen LogP contribution in [0.1, 0.15) is 39.6 Å². The van der Waals surface area contributed by atoms with Gasteiger partial charge in [0.2, 0.25) is 0 Å². The van der Waals surface area contributed by atoms with Crippen LogP contribution in [0.4, 0.5) is 0 Å². The molecule has 0 aromatic heterocycles. The number of carbonyl (C=O) groups is 2. The van der Waals surface area contributed by atoms with Crippen molar-refractivity contribution in [2.45, 2.75) is 20.3 Å². The first kappa shape index (κ1) is 18.0. The van der Waals surface area contributed by atoms with Gasteiger partial charge in [-0.2, -0.15) is 0 Å². The number of amides is 2. The van der Waals surface area contributed by atoms with Crippen molar-refractivity contribution in [1.29, 1.82) is 0 Å². The van der Waals surface area contributed by atoms with Gasteiger partial charge in [-0.15, -0.1) is 0 Å². The predicted octanol–water partition coefficient (Wildman–Crippen LogP) is 3.62. The summed E-state index contributed by atoms with van der Waals surface area (Å²) >= 11 is 3.38. The molecular weight excluding hydrogens is 372 g/mol. The SMILES string of the molecule is CCCOc1ccc(C(=O)NNC(=O)c2cccc(C)c2)cc1Br. The topological polar surface area (TPSA) is 67.4 Å². The molecule has 2 amide bonds. The van der Waals surface area contributed by atoms with E-state index >= 15 is 0 Å². The Balaban J connectivity index is 1.97. The highest BCUT2D eigenvalue weighted by atomic mass is 79.9. The zero-order valence-electron chi connectivity index (χ0n) is 13.6. The van der Waals surface area contributed by atoms with Gasteiger partial charge < -0.3 is 4.74 Å². The fraction of sp³-hybridized carbons (Fsp3) is 0.222. The number of aryl methyl sites for hydroxylation is 1. The number of hydrazine groups is 1. The minimum Gasteiger partial charge on any atom is -0.492 e. The van der Waals surface area contributed by atoms with E-state index < -0.39 is 5.91 Å². The summed E-state index contributed by atoms with van der Waals surface area (Å²) in [6.07, 6.45) is 0.902. The molecule has 0 bridgehead atoms. The van der Waals surface area contributed by atoms with Crippen molar-refractivity contribution in [2.75, 3.05) is 6.61 Å². The van der Waals surface area contributed by atoms with Crippen LogP contribution in [-0.4, -0.2) is 18.4 Å². The van der Waals surface area contributed by atoms with E-state index in [4.69, 9.17) is 4.74 Å². The van der Waals surface area contributed by atoms with Gasteiger partial charge in [-0.25, -0.2) is 0 Å². The third-order valence-corrected chi connectivity index (χ3v) is 3.85. The molecular formula is C18H19BrN2O3. The van der Waals surface area contributed by atoms with Crippen LogP contribution in [0.25, 0.3) is 0 Å². The van der Waals surface area contributed by atoms with Gasteiger partial charge in [-0.05, 0) is 59.6 Å². The number of rotatable bonds is 5. The van der Waals surface area contributed by atoms with E-state index in [9.17, 15) is 9.59 Å². The van der Waals surface area contributed by atoms with Gasteiger partial charge in [0.15, 0.2) is 0 Å². The van der Waals surface area contributed by atoms with Crippen LogP contribution in [0, 0.1) is 6.92 Å². The zero-order valence-corrected chi connectivity index (χ0v) is 15.1. The summed E-state index contributed by atoms with van der Waals surface area (Å²) in [4.78, 5) is 24.2. The summed E-state index contributed by atoms with van der Waals surface area (Å²) in [7, 11) is 0. The van der Waals surface area contributed by atoms with Crippen molar-refractivity contribution in [2.24, 2.45) is 0 Å². The van der Waals surface area contributed by atoms with Gasteiger partial charge in [0, 0.05) is 11.1 Å². The Morgan fingerprint density at radius 1 is 1.04 bits per heavy atom. The summed E-state index contributed by atoms with van der Waals surface area (Å²) in [6.45, 7) is 4.53. The Kier molecular flexibility index (Phi) is 6.37. The first-order chi connectivity index (χ1) is 11.5. The molecule has 6 heteroatoms. The quantitative estimate of drug-likeness (QED) is 0.766. The Labute approximate surface area is 149 Å². The first-order valence-corrected chi connectivity index (χ1v) is 8.40. The van der Waals surface area contributed by atoms with Crippen molar-refractivity contribution in [3.63, 3.8) is 0 Å². The molecule has 2 aromatic carbocycles. The standard InChI is InChI=1S/C18H19BrN2O3/c1-3-9-24-16-8-7-14(11-15(16)19)18(23)21-20-17(22)13-6-4-5-12(2)10-13/h4-8,10-11H,3,9H2,1-2H3,(H,20,22)(H,21,23). The molecule has 0 fully saturated rings. The van der Waals surface area contributed by atoms with E-state index in [2.05, 4.69) is 26.8 Å². The third kappa shape index (κ3) is 4.83. The second-order valence-corrected chi connectivity index (χ2v) is 6.13. The van der Waals surface area contributed by atoms with Crippen LogP contribution >= 0.6 is 15.9 Å². The molecule has 24 heavy (non-hydrogen) atoms. The minimum atomic E-state index is -0.404. The fourth-order valence-corrected chi connectivity index (χ4v) is 2.51. The lowest BCUT2D eigenvalue weighted by molar-refractivity contribution is 0.0846. The number of nitrogens with one attached hydrogen (secondary N) is 2. The van der Waals surface area contributed by atoms with Crippen LogP contribution in [0.2, 0.25) is 0 Å². The van der Waals surface area contributed by atoms with E-state index in [-0.39, 0.29) is 5.91 Å². The third-order valence-electron chi connectivity index (χ3n) is 3.23. The van der Waals surface area contributed by atoms with Gasteiger partial charge in [0.25, 0.3) is 11.8 Å². The second-order valence-electron chi connectivity index (χ2n) is 5.27. The molecule has 0 spiro atoms. The molecule has 0 aliphatic carbocycles. The molecule has 126 valence electrons. The molecule has 0 aliphatic rings. The molecule has 2 rings (SSSR count). The smallest absolute Gasteiger partial charge is 0.269 e. The Hall–Kier alpha value is -2.34. The minimum absolute atomic E-state index is 0.367. The fourth-order valence-electron chi connectivity index (χ4n) is 2.02. The van der Waals surface area contributed by atoms with Gasteiger partial charge >= 0.3 is 0 Å². The zero-order chi connectivity index (χ0) is 17.5. The average molecular weight is 391 g/mol. The number of hydrogen-bond donors (Lipinski definition) is 2. The number of carbonyl (C=O) groups excluding carboxylic acids is 2.